The van der Waals surface area contributed by atoms with Gasteiger partial charge in [-0.3, -0.25) is 0 Å². The van der Waals surface area contributed by atoms with Gasteiger partial charge in [-0.25, -0.2) is 15.0 Å². The van der Waals surface area contributed by atoms with Crippen molar-refractivity contribution in [2.24, 2.45) is 0 Å². The Kier molecular flexibility index (Phi) is 6.79. The highest BCUT2D eigenvalue weighted by molar-refractivity contribution is 6.13. The summed E-state index contributed by atoms with van der Waals surface area (Å²) in [5.41, 5.74) is 10.6. The van der Waals surface area contributed by atoms with Crippen molar-refractivity contribution >= 4 is 54.6 Å². The molecule has 11 aromatic rings. The van der Waals surface area contributed by atoms with Crippen molar-refractivity contribution in [3.8, 4) is 56.4 Å². The molecule has 54 heavy (non-hydrogen) atoms. The molecule has 252 valence electrons. The van der Waals surface area contributed by atoms with Gasteiger partial charge in [0.05, 0.1) is 0 Å². The van der Waals surface area contributed by atoms with Crippen LogP contribution in [0.1, 0.15) is 0 Å². The van der Waals surface area contributed by atoms with E-state index >= 15 is 0 Å². The molecule has 0 N–H and O–H groups in total. The average molecular weight is 692 g/mol. The normalized spacial score (nSPS) is 11.7. The van der Waals surface area contributed by atoms with E-state index in [1.165, 1.54) is 11.1 Å². The standard InChI is InChI=1S/C49H29N3O2/c1-2-9-30(10-3-1)32-17-19-33(20-18-32)35-23-25-44-41(28-35)46-39(14-8-16-45(46)54-44)49-51-47(36-22-21-31-11-4-5-12-34(31)27-36)50-48(52-49)37-24-26-43-40(29-37)38-13-6-7-15-42(38)53-43/h1-29H. The summed E-state index contributed by atoms with van der Waals surface area (Å²) in [5.74, 6) is 1.76. The number of nitrogens with zero attached hydrogens (tertiary/aromatic N) is 3. The van der Waals surface area contributed by atoms with Gasteiger partial charge in [0.25, 0.3) is 0 Å². The lowest BCUT2D eigenvalue weighted by Crippen LogP contribution is -2.00. The predicted molar refractivity (Wildman–Crippen MR) is 219 cm³/mol. The minimum atomic E-state index is 0.575. The van der Waals surface area contributed by atoms with Gasteiger partial charge < -0.3 is 8.83 Å². The lowest BCUT2D eigenvalue weighted by atomic mass is 9.98. The molecule has 0 fully saturated rings. The van der Waals surface area contributed by atoms with Crippen LogP contribution in [-0.2, 0) is 0 Å². The summed E-state index contributed by atoms with van der Waals surface area (Å²) < 4.78 is 12.6. The minimum Gasteiger partial charge on any atom is -0.456 e. The number of rotatable bonds is 5. The second-order valence-corrected chi connectivity index (χ2v) is 13.6. The van der Waals surface area contributed by atoms with Gasteiger partial charge in [0.15, 0.2) is 17.5 Å². The molecule has 0 amide bonds. The van der Waals surface area contributed by atoms with Crippen molar-refractivity contribution in [1.82, 2.24) is 15.0 Å². The van der Waals surface area contributed by atoms with Crippen LogP contribution in [0.2, 0.25) is 0 Å². The zero-order valence-corrected chi connectivity index (χ0v) is 28.9. The monoisotopic (exact) mass is 691 g/mol. The maximum atomic E-state index is 6.46. The topological polar surface area (TPSA) is 65.0 Å². The lowest BCUT2D eigenvalue weighted by Gasteiger charge is -2.10. The van der Waals surface area contributed by atoms with E-state index in [-0.39, 0.29) is 0 Å². The van der Waals surface area contributed by atoms with Gasteiger partial charge in [-0.15, -0.1) is 0 Å². The van der Waals surface area contributed by atoms with E-state index in [0.717, 1.165) is 82.5 Å². The maximum absolute atomic E-state index is 6.46. The average Bonchev–Trinajstić information content (AvgIpc) is 3.81. The summed E-state index contributed by atoms with van der Waals surface area (Å²) in [5, 5.41) is 6.33. The molecular weight excluding hydrogens is 663 g/mol. The summed E-state index contributed by atoms with van der Waals surface area (Å²) in [6.07, 6.45) is 0. The molecule has 3 aromatic heterocycles. The lowest BCUT2D eigenvalue weighted by molar-refractivity contribution is 0.668. The third kappa shape index (κ3) is 5.06. The number of aromatic nitrogens is 3. The molecule has 8 aromatic carbocycles. The van der Waals surface area contributed by atoms with Gasteiger partial charge >= 0.3 is 0 Å². The number of furan rings is 2. The fourth-order valence-corrected chi connectivity index (χ4v) is 7.63. The summed E-state index contributed by atoms with van der Waals surface area (Å²) >= 11 is 0. The summed E-state index contributed by atoms with van der Waals surface area (Å²) in [6, 6.07) is 60.6. The molecule has 0 bridgehead atoms. The predicted octanol–water partition coefficient (Wildman–Crippen LogP) is 13.2. The Balaban J connectivity index is 1.10. The van der Waals surface area contributed by atoms with E-state index in [4.69, 9.17) is 23.8 Å². The van der Waals surface area contributed by atoms with Crippen LogP contribution in [0.3, 0.4) is 0 Å². The van der Waals surface area contributed by atoms with Crippen LogP contribution in [-0.4, -0.2) is 15.0 Å². The van der Waals surface area contributed by atoms with E-state index < -0.39 is 0 Å². The first-order valence-electron chi connectivity index (χ1n) is 18.0. The highest BCUT2D eigenvalue weighted by Crippen LogP contribution is 2.39. The van der Waals surface area contributed by atoms with Gasteiger partial charge in [0.2, 0.25) is 0 Å². The maximum Gasteiger partial charge on any atom is 0.164 e. The molecule has 5 heteroatoms. The smallest absolute Gasteiger partial charge is 0.164 e. The Morgan fingerprint density at radius 1 is 0.296 bits per heavy atom. The van der Waals surface area contributed by atoms with Gasteiger partial charge in [-0.2, -0.15) is 0 Å². The van der Waals surface area contributed by atoms with Crippen LogP contribution in [0.25, 0.3) is 111 Å². The van der Waals surface area contributed by atoms with Crippen LogP contribution in [0.5, 0.6) is 0 Å². The van der Waals surface area contributed by atoms with Crippen LogP contribution < -0.4 is 0 Å². The van der Waals surface area contributed by atoms with Crippen molar-refractivity contribution < 1.29 is 8.83 Å². The first-order chi connectivity index (χ1) is 26.7. The van der Waals surface area contributed by atoms with E-state index in [1.54, 1.807) is 0 Å². The van der Waals surface area contributed by atoms with Crippen molar-refractivity contribution in [2.45, 2.75) is 0 Å². The summed E-state index contributed by atoms with van der Waals surface area (Å²) in [6.45, 7) is 0. The van der Waals surface area contributed by atoms with Crippen molar-refractivity contribution in [1.29, 1.82) is 0 Å². The van der Waals surface area contributed by atoms with E-state index in [2.05, 4.69) is 127 Å². The van der Waals surface area contributed by atoms with Gasteiger partial charge in [-0.05, 0) is 81.6 Å². The van der Waals surface area contributed by atoms with Crippen molar-refractivity contribution in [3.05, 3.63) is 176 Å². The third-order valence-corrected chi connectivity index (χ3v) is 10.3. The fraction of sp³-hybridized carbons (Fsp3) is 0. The Labute approximate surface area is 309 Å². The first kappa shape index (κ1) is 30.3. The van der Waals surface area contributed by atoms with Gasteiger partial charge in [-0.1, -0.05) is 127 Å². The highest BCUT2D eigenvalue weighted by Gasteiger charge is 2.19. The minimum absolute atomic E-state index is 0.575. The Morgan fingerprint density at radius 3 is 1.67 bits per heavy atom. The molecular formula is C49H29N3O2. The number of benzene rings is 8. The summed E-state index contributed by atoms with van der Waals surface area (Å²) in [4.78, 5) is 15.5. The molecule has 5 nitrogen and oxygen atoms in total. The van der Waals surface area contributed by atoms with Gasteiger partial charge in [0.1, 0.15) is 22.3 Å². The molecule has 0 unspecified atom stereocenters. The molecule has 3 heterocycles. The first-order valence-corrected chi connectivity index (χ1v) is 18.0. The Morgan fingerprint density at radius 2 is 0.833 bits per heavy atom. The van der Waals surface area contributed by atoms with Crippen LogP contribution in [0.15, 0.2) is 185 Å². The number of fused-ring (bicyclic) bond motifs is 7. The molecule has 0 aliphatic rings. The molecule has 0 atom stereocenters. The third-order valence-electron chi connectivity index (χ3n) is 10.3. The fourth-order valence-electron chi connectivity index (χ4n) is 7.63. The van der Waals surface area contributed by atoms with Crippen LogP contribution >= 0.6 is 0 Å². The molecule has 11 rings (SSSR count). The quantitative estimate of drug-likeness (QED) is 0.180. The molecule has 0 spiro atoms. The molecule has 0 saturated heterocycles. The van der Waals surface area contributed by atoms with Gasteiger partial charge in [0, 0.05) is 38.2 Å². The second kappa shape index (κ2) is 12.1. The molecule has 0 radical (unpaired) electrons. The van der Waals surface area contributed by atoms with Crippen molar-refractivity contribution in [3.63, 3.8) is 0 Å². The van der Waals surface area contributed by atoms with E-state index in [0.29, 0.717) is 17.5 Å². The number of hydrogen-bond donors (Lipinski definition) is 0. The van der Waals surface area contributed by atoms with Crippen molar-refractivity contribution in [2.75, 3.05) is 0 Å². The molecule has 0 aliphatic heterocycles. The molecule has 0 saturated carbocycles. The Hall–Kier alpha value is -7.37. The summed E-state index contributed by atoms with van der Waals surface area (Å²) in [7, 11) is 0. The number of hydrogen-bond acceptors (Lipinski definition) is 5. The number of para-hydroxylation sites is 1. The van der Waals surface area contributed by atoms with Crippen LogP contribution in [0.4, 0.5) is 0 Å². The highest BCUT2D eigenvalue weighted by atomic mass is 16.3. The van der Waals surface area contributed by atoms with E-state index in [9.17, 15) is 0 Å². The molecule has 0 aliphatic carbocycles. The Bertz CT molecular complexity index is 3210. The zero-order chi connectivity index (χ0) is 35.6. The zero-order valence-electron chi connectivity index (χ0n) is 28.9. The largest absolute Gasteiger partial charge is 0.456 e. The van der Waals surface area contributed by atoms with E-state index in [1.807, 2.05) is 48.5 Å². The SMILES string of the molecule is c1ccc(-c2ccc(-c3ccc4oc5cccc(-c6nc(-c7ccc8ccccc8c7)nc(-c7ccc8oc9ccccc9c8c7)n6)c5c4c3)cc2)cc1. The van der Waals surface area contributed by atoms with Crippen LogP contribution in [0, 0.1) is 0 Å². The second-order valence-electron chi connectivity index (χ2n) is 13.6.